The molecule has 7 heteroatoms. The molecule has 1 heterocycles. The molecular formula is C29H30Cl2N2O3. The number of rotatable bonds is 10. The molecule has 36 heavy (non-hydrogen) atoms. The van der Waals surface area contributed by atoms with Gasteiger partial charge in [-0.25, -0.2) is 0 Å². The van der Waals surface area contributed by atoms with Crippen LogP contribution in [0, 0.1) is 0 Å². The van der Waals surface area contributed by atoms with E-state index in [0.717, 1.165) is 48.7 Å². The van der Waals surface area contributed by atoms with Gasteiger partial charge in [-0.2, -0.15) is 0 Å². The van der Waals surface area contributed by atoms with Crippen molar-refractivity contribution in [1.82, 2.24) is 0 Å². The SMILES string of the molecule is C=CCc1cc(C=Nc2ccc(N3CCOCC3)cc2)cc(OCC)c1OCc1ccc(Cl)cc1Cl. The third-order valence-corrected chi connectivity index (χ3v) is 6.38. The molecule has 5 nitrogen and oxygen atoms in total. The largest absolute Gasteiger partial charge is 0.490 e. The van der Waals surface area contributed by atoms with Crippen LogP contribution in [0.15, 0.2) is 72.2 Å². The maximum Gasteiger partial charge on any atom is 0.165 e. The van der Waals surface area contributed by atoms with Crippen molar-refractivity contribution in [3.63, 3.8) is 0 Å². The molecule has 0 amide bonds. The Kier molecular flexibility index (Phi) is 9.29. The van der Waals surface area contributed by atoms with Crippen LogP contribution in [0.1, 0.15) is 23.6 Å². The van der Waals surface area contributed by atoms with Crippen molar-refractivity contribution in [3.8, 4) is 11.5 Å². The summed E-state index contributed by atoms with van der Waals surface area (Å²) in [6.45, 7) is 10.0. The van der Waals surface area contributed by atoms with Crippen LogP contribution in [-0.2, 0) is 17.8 Å². The topological polar surface area (TPSA) is 43.3 Å². The van der Waals surface area contributed by atoms with E-state index in [2.05, 4.69) is 34.7 Å². The Hall–Kier alpha value is -2.99. The molecule has 4 rings (SSSR count). The van der Waals surface area contributed by atoms with Gasteiger partial charge in [-0.1, -0.05) is 35.3 Å². The van der Waals surface area contributed by atoms with Crippen LogP contribution >= 0.6 is 23.2 Å². The van der Waals surface area contributed by atoms with Crippen LogP contribution in [0.4, 0.5) is 11.4 Å². The summed E-state index contributed by atoms with van der Waals surface area (Å²) in [6.07, 6.45) is 4.32. The number of nitrogens with zero attached hydrogens (tertiary/aromatic N) is 2. The second kappa shape index (κ2) is 12.8. The predicted molar refractivity (Wildman–Crippen MR) is 149 cm³/mol. The van der Waals surface area contributed by atoms with Crippen LogP contribution in [0.3, 0.4) is 0 Å². The zero-order valence-electron chi connectivity index (χ0n) is 20.4. The van der Waals surface area contributed by atoms with Gasteiger partial charge in [0.2, 0.25) is 0 Å². The Balaban J connectivity index is 1.55. The van der Waals surface area contributed by atoms with E-state index >= 15 is 0 Å². The second-order valence-electron chi connectivity index (χ2n) is 8.33. The lowest BCUT2D eigenvalue weighted by atomic mass is 10.1. The lowest BCUT2D eigenvalue weighted by molar-refractivity contribution is 0.122. The highest BCUT2D eigenvalue weighted by Gasteiger charge is 2.15. The number of anilines is 1. The maximum absolute atomic E-state index is 6.34. The first-order valence-electron chi connectivity index (χ1n) is 12.0. The van der Waals surface area contributed by atoms with Gasteiger partial charge in [0.25, 0.3) is 0 Å². The summed E-state index contributed by atoms with van der Waals surface area (Å²) in [5.41, 5.74) is 4.80. The zero-order valence-corrected chi connectivity index (χ0v) is 21.9. The predicted octanol–water partition coefficient (Wildman–Crippen LogP) is 7.29. The summed E-state index contributed by atoms with van der Waals surface area (Å²) in [4.78, 5) is 7.01. The summed E-state index contributed by atoms with van der Waals surface area (Å²) in [7, 11) is 0. The van der Waals surface area contributed by atoms with Crippen LogP contribution < -0.4 is 14.4 Å². The minimum Gasteiger partial charge on any atom is -0.490 e. The van der Waals surface area contributed by atoms with Crippen molar-refractivity contribution < 1.29 is 14.2 Å². The van der Waals surface area contributed by atoms with E-state index < -0.39 is 0 Å². The number of benzene rings is 3. The van der Waals surface area contributed by atoms with Crippen molar-refractivity contribution in [2.75, 3.05) is 37.8 Å². The molecule has 0 unspecified atom stereocenters. The van der Waals surface area contributed by atoms with E-state index in [0.29, 0.717) is 41.2 Å². The quantitative estimate of drug-likeness (QED) is 0.206. The maximum atomic E-state index is 6.34. The number of hydrogen-bond donors (Lipinski definition) is 0. The number of halogens is 2. The van der Waals surface area contributed by atoms with Crippen LogP contribution in [0.25, 0.3) is 0 Å². The molecule has 0 atom stereocenters. The van der Waals surface area contributed by atoms with Gasteiger partial charge in [-0.15, -0.1) is 6.58 Å². The van der Waals surface area contributed by atoms with Gasteiger partial charge in [0.1, 0.15) is 6.61 Å². The summed E-state index contributed by atoms with van der Waals surface area (Å²) in [5.74, 6) is 1.33. The Bertz CT molecular complexity index is 1210. The fraction of sp³-hybridized carbons (Fsp3) is 0.276. The lowest BCUT2D eigenvalue weighted by Gasteiger charge is -2.28. The van der Waals surface area contributed by atoms with Crippen molar-refractivity contribution in [3.05, 3.63) is 94.0 Å². The number of aliphatic imine (C=N–C) groups is 1. The van der Waals surface area contributed by atoms with E-state index in [-0.39, 0.29) is 0 Å². The van der Waals surface area contributed by atoms with Crippen molar-refractivity contribution in [2.45, 2.75) is 20.0 Å². The van der Waals surface area contributed by atoms with Crippen molar-refractivity contribution in [2.24, 2.45) is 4.99 Å². The molecule has 0 saturated carbocycles. The van der Waals surface area contributed by atoms with Gasteiger partial charge in [0, 0.05) is 46.2 Å². The number of ether oxygens (including phenoxy) is 3. The van der Waals surface area contributed by atoms with Gasteiger partial charge in [0.05, 0.1) is 25.5 Å². The van der Waals surface area contributed by atoms with Crippen molar-refractivity contribution in [1.29, 1.82) is 0 Å². The molecule has 0 radical (unpaired) electrons. The molecule has 0 spiro atoms. The highest BCUT2D eigenvalue weighted by molar-refractivity contribution is 6.35. The average Bonchev–Trinajstić information content (AvgIpc) is 2.89. The van der Waals surface area contributed by atoms with Gasteiger partial charge >= 0.3 is 0 Å². The van der Waals surface area contributed by atoms with Crippen molar-refractivity contribution >= 4 is 40.8 Å². The minimum absolute atomic E-state index is 0.295. The van der Waals surface area contributed by atoms with E-state index in [1.165, 1.54) is 5.69 Å². The third-order valence-electron chi connectivity index (χ3n) is 5.79. The number of morpholine rings is 1. The molecule has 0 bridgehead atoms. The summed E-state index contributed by atoms with van der Waals surface area (Å²) in [5, 5.41) is 1.15. The van der Waals surface area contributed by atoms with Gasteiger partial charge in [-0.05, 0) is 67.4 Å². The van der Waals surface area contributed by atoms with E-state index in [9.17, 15) is 0 Å². The van der Waals surface area contributed by atoms with E-state index in [1.807, 2.05) is 43.5 Å². The third kappa shape index (κ3) is 6.82. The Morgan fingerprint density at radius 2 is 1.78 bits per heavy atom. The molecule has 1 aliphatic rings. The molecule has 0 aromatic heterocycles. The van der Waals surface area contributed by atoms with Crippen LogP contribution in [0.5, 0.6) is 11.5 Å². The smallest absolute Gasteiger partial charge is 0.165 e. The average molecular weight is 525 g/mol. The summed E-state index contributed by atoms with van der Waals surface area (Å²) < 4.78 is 17.6. The number of allylic oxidation sites excluding steroid dienone is 1. The fourth-order valence-electron chi connectivity index (χ4n) is 4.00. The first-order valence-corrected chi connectivity index (χ1v) is 12.8. The lowest BCUT2D eigenvalue weighted by Crippen LogP contribution is -2.36. The first kappa shape index (κ1) is 26.1. The molecule has 3 aromatic rings. The van der Waals surface area contributed by atoms with E-state index in [4.69, 9.17) is 37.4 Å². The molecule has 3 aromatic carbocycles. The molecule has 1 fully saturated rings. The molecular weight excluding hydrogens is 495 g/mol. The second-order valence-corrected chi connectivity index (χ2v) is 9.18. The molecule has 1 saturated heterocycles. The Morgan fingerprint density at radius 3 is 2.47 bits per heavy atom. The molecule has 1 aliphatic heterocycles. The highest BCUT2D eigenvalue weighted by atomic mass is 35.5. The molecule has 0 N–H and O–H groups in total. The normalized spacial score (nSPS) is 13.7. The van der Waals surface area contributed by atoms with Crippen LogP contribution in [0.2, 0.25) is 10.0 Å². The summed E-state index contributed by atoms with van der Waals surface area (Å²) >= 11 is 12.4. The Morgan fingerprint density at radius 1 is 1.00 bits per heavy atom. The van der Waals surface area contributed by atoms with Gasteiger partial charge < -0.3 is 19.1 Å². The monoisotopic (exact) mass is 524 g/mol. The van der Waals surface area contributed by atoms with E-state index in [1.54, 1.807) is 12.1 Å². The number of hydrogen-bond acceptors (Lipinski definition) is 5. The molecule has 0 aliphatic carbocycles. The molecule has 188 valence electrons. The minimum atomic E-state index is 0.295. The fourth-order valence-corrected chi connectivity index (χ4v) is 4.46. The summed E-state index contributed by atoms with van der Waals surface area (Å²) in [6, 6.07) is 17.6. The van der Waals surface area contributed by atoms with Crippen LogP contribution in [-0.4, -0.2) is 39.1 Å². The standard InChI is InChI=1S/C29H30Cl2N2O3/c1-3-5-22-16-21(19-32-25-8-10-26(11-9-25)33-12-14-34-15-13-33)17-28(35-4-2)29(22)36-20-23-6-7-24(30)18-27(23)31/h3,6-11,16-19H,1,4-5,12-15,20H2,2H3. The van der Waals surface area contributed by atoms with Gasteiger partial charge in [0.15, 0.2) is 11.5 Å². The van der Waals surface area contributed by atoms with Gasteiger partial charge in [-0.3, -0.25) is 4.99 Å². The zero-order chi connectivity index (χ0) is 25.3. The first-order chi connectivity index (χ1) is 17.6. The Labute approximate surface area is 222 Å². The highest BCUT2D eigenvalue weighted by Crippen LogP contribution is 2.35.